The van der Waals surface area contributed by atoms with E-state index in [1.807, 2.05) is 43.0 Å². The number of anilines is 1. The van der Waals surface area contributed by atoms with E-state index in [1.54, 1.807) is 0 Å². The monoisotopic (exact) mass is 264 g/mol. The molecule has 1 fully saturated rings. The highest BCUT2D eigenvalue weighted by molar-refractivity contribution is 5.79. The van der Waals surface area contributed by atoms with Gasteiger partial charge in [-0.25, -0.2) is 4.79 Å². The maximum absolute atomic E-state index is 11.2. The van der Waals surface area contributed by atoms with Crippen molar-refractivity contribution in [1.82, 2.24) is 5.32 Å². The first-order valence-electron chi connectivity index (χ1n) is 6.55. The molecule has 0 aliphatic carbocycles. The van der Waals surface area contributed by atoms with Gasteiger partial charge in [0.2, 0.25) is 0 Å². The summed E-state index contributed by atoms with van der Waals surface area (Å²) in [6.45, 7) is 5.92. The van der Waals surface area contributed by atoms with Gasteiger partial charge in [-0.1, -0.05) is 0 Å². The second-order valence-corrected chi connectivity index (χ2v) is 4.91. The Morgan fingerprint density at radius 3 is 2.68 bits per heavy atom. The molecule has 2 rings (SSSR count). The lowest BCUT2D eigenvalue weighted by Gasteiger charge is -2.35. The smallest absolute Gasteiger partial charge is 0.327 e. The second-order valence-electron chi connectivity index (χ2n) is 4.91. The lowest BCUT2D eigenvalue weighted by Crippen LogP contribution is -2.55. The number of rotatable bonds is 4. The summed E-state index contributed by atoms with van der Waals surface area (Å²) < 4.78 is 5.58. The number of carboxylic acid groups (broad SMARTS) is 1. The summed E-state index contributed by atoms with van der Waals surface area (Å²) in [4.78, 5) is 13.2. The highest BCUT2D eigenvalue weighted by Crippen LogP contribution is 2.22. The summed E-state index contributed by atoms with van der Waals surface area (Å²) >= 11 is 0. The van der Waals surface area contributed by atoms with Crippen LogP contribution in [0.25, 0.3) is 0 Å². The van der Waals surface area contributed by atoms with Crippen molar-refractivity contribution in [1.29, 1.82) is 0 Å². The zero-order valence-corrected chi connectivity index (χ0v) is 11.3. The molecule has 1 heterocycles. The van der Waals surface area contributed by atoms with Crippen molar-refractivity contribution < 1.29 is 14.6 Å². The number of carboxylic acids is 1. The highest BCUT2D eigenvalue weighted by Gasteiger charge is 2.28. The Labute approximate surface area is 113 Å². The van der Waals surface area contributed by atoms with Crippen molar-refractivity contribution in [3.8, 4) is 5.75 Å². The quantitative estimate of drug-likeness (QED) is 0.859. The van der Waals surface area contributed by atoms with Gasteiger partial charge in [0.15, 0.2) is 0 Å². The molecule has 1 aliphatic heterocycles. The number of ether oxygens (including phenoxy) is 1. The van der Waals surface area contributed by atoms with Gasteiger partial charge in [-0.3, -0.25) is 0 Å². The molecule has 1 unspecified atom stereocenters. The number of benzene rings is 1. The Morgan fingerprint density at radius 1 is 1.42 bits per heavy atom. The van der Waals surface area contributed by atoms with Gasteiger partial charge in [0, 0.05) is 25.3 Å². The number of nitrogens with one attached hydrogen (secondary N) is 1. The van der Waals surface area contributed by atoms with Crippen LogP contribution in [0.15, 0.2) is 24.3 Å². The van der Waals surface area contributed by atoms with Crippen LogP contribution in [-0.2, 0) is 4.79 Å². The molecule has 1 aromatic carbocycles. The number of hydrogen-bond acceptors (Lipinski definition) is 4. The summed E-state index contributed by atoms with van der Waals surface area (Å²) in [5.74, 6) is 0.00969. The standard InChI is InChI=1S/C14H20N2O3/c1-10(2)19-12-5-3-11(4-6-12)16-8-7-15-9-13(16)14(17)18/h3-6,10,13,15H,7-9H2,1-2H3,(H,17,18). The van der Waals surface area contributed by atoms with Crippen LogP contribution in [0.4, 0.5) is 5.69 Å². The molecule has 1 atom stereocenters. The van der Waals surface area contributed by atoms with Crippen molar-refractivity contribution in [3.05, 3.63) is 24.3 Å². The molecule has 19 heavy (non-hydrogen) atoms. The van der Waals surface area contributed by atoms with Crippen LogP contribution in [0.3, 0.4) is 0 Å². The molecule has 104 valence electrons. The molecule has 1 aromatic rings. The Balaban J connectivity index is 2.13. The van der Waals surface area contributed by atoms with E-state index in [9.17, 15) is 9.90 Å². The van der Waals surface area contributed by atoms with E-state index in [0.29, 0.717) is 13.1 Å². The van der Waals surface area contributed by atoms with E-state index < -0.39 is 12.0 Å². The molecule has 0 saturated carbocycles. The zero-order valence-electron chi connectivity index (χ0n) is 11.3. The molecular weight excluding hydrogens is 244 g/mol. The molecule has 1 aliphatic rings. The maximum Gasteiger partial charge on any atom is 0.327 e. The summed E-state index contributed by atoms with van der Waals surface area (Å²) in [6, 6.07) is 7.09. The molecule has 0 aromatic heterocycles. The average Bonchev–Trinajstić information content (AvgIpc) is 2.39. The summed E-state index contributed by atoms with van der Waals surface area (Å²) in [6.07, 6.45) is 0.136. The lowest BCUT2D eigenvalue weighted by molar-refractivity contribution is -0.138. The predicted molar refractivity (Wildman–Crippen MR) is 73.8 cm³/mol. The van der Waals surface area contributed by atoms with E-state index in [0.717, 1.165) is 18.0 Å². The van der Waals surface area contributed by atoms with Crippen molar-refractivity contribution >= 4 is 11.7 Å². The number of hydrogen-bond donors (Lipinski definition) is 2. The normalized spacial score (nSPS) is 19.5. The summed E-state index contributed by atoms with van der Waals surface area (Å²) in [5.41, 5.74) is 0.921. The average molecular weight is 264 g/mol. The second kappa shape index (κ2) is 5.93. The molecule has 0 bridgehead atoms. The fourth-order valence-corrected chi connectivity index (χ4v) is 2.22. The minimum absolute atomic E-state index is 0.136. The van der Waals surface area contributed by atoms with Gasteiger partial charge in [0.25, 0.3) is 0 Å². The lowest BCUT2D eigenvalue weighted by atomic mass is 10.1. The molecule has 5 nitrogen and oxygen atoms in total. The fourth-order valence-electron chi connectivity index (χ4n) is 2.22. The summed E-state index contributed by atoms with van der Waals surface area (Å²) in [5, 5.41) is 12.3. The van der Waals surface area contributed by atoms with Crippen LogP contribution in [-0.4, -0.2) is 42.9 Å². The van der Waals surface area contributed by atoms with E-state index in [-0.39, 0.29) is 6.10 Å². The van der Waals surface area contributed by atoms with E-state index in [2.05, 4.69) is 5.32 Å². The van der Waals surface area contributed by atoms with Gasteiger partial charge in [-0.2, -0.15) is 0 Å². The minimum Gasteiger partial charge on any atom is -0.491 e. The van der Waals surface area contributed by atoms with Gasteiger partial charge < -0.3 is 20.1 Å². The molecule has 2 N–H and O–H groups in total. The first kappa shape index (κ1) is 13.7. The predicted octanol–water partition coefficient (Wildman–Crippen LogP) is 1.34. The minimum atomic E-state index is -0.797. The largest absolute Gasteiger partial charge is 0.491 e. The third-order valence-electron chi connectivity index (χ3n) is 3.07. The Bertz CT molecular complexity index is 431. The van der Waals surface area contributed by atoms with Crippen LogP contribution in [0.5, 0.6) is 5.75 Å². The van der Waals surface area contributed by atoms with Gasteiger partial charge in [-0.15, -0.1) is 0 Å². The molecule has 0 spiro atoms. The van der Waals surface area contributed by atoms with Gasteiger partial charge in [-0.05, 0) is 38.1 Å². The van der Waals surface area contributed by atoms with Crippen LogP contribution < -0.4 is 15.0 Å². The van der Waals surface area contributed by atoms with Crippen LogP contribution in [0.2, 0.25) is 0 Å². The fraction of sp³-hybridized carbons (Fsp3) is 0.500. The number of nitrogens with zero attached hydrogens (tertiary/aromatic N) is 1. The molecule has 0 radical (unpaired) electrons. The van der Waals surface area contributed by atoms with E-state index in [4.69, 9.17) is 4.74 Å². The SMILES string of the molecule is CC(C)Oc1ccc(N2CCNCC2C(=O)O)cc1. The Hall–Kier alpha value is -1.75. The first-order chi connectivity index (χ1) is 9.08. The van der Waals surface area contributed by atoms with Gasteiger partial charge in [0.05, 0.1) is 6.10 Å². The zero-order chi connectivity index (χ0) is 13.8. The van der Waals surface area contributed by atoms with Gasteiger partial charge in [0.1, 0.15) is 11.8 Å². The Morgan fingerprint density at radius 2 is 2.11 bits per heavy atom. The molecule has 1 saturated heterocycles. The number of piperazine rings is 1. The first-order valence-corrected chi connectivity index (χ1v) is 6.55. The van der Waals surface area contributed by atoms with Crippen LogP contribution in [0, 0.1) is 0 Å². The highest BCUT2D eigenvalue weighted by atomic mass is 16.5. The summed E-state index contributed by atoms with van der Waals surface area (Å²) in [7, 11) is 0. The van der Waals surface area contributed by atoms with Crippen LogP contribution in [0.1, 0.15) is 13.8 Å². The Kier molecular flexibility index (Phi) is 4.27. The van der Waals surface area contributed by atoms with Crippen molar-refractivity contribution in [2.45, 2.75) is 26.0 Å². The van der Waals surface area contributed by atoms with Crippen molar-refractivity contribution in [3.63, 3.8) is 0 Å². The molecular formula is C14H20N2O3. The number of carbonyl (C=O) groups is 1. The molecule has 5 heteroatoms. The van der Waals surface area contributed by atoms with Crippen molar-refractivity contribution in [2.75, 3.05) is 24.5 Å². The van der Waals surface area contributed by atoms with Crippen LogP contribution >= 0.6 is 0 Å². The maximum atomic E-state index is 11.2. The topological polar surface area (TPSA) is 61.8 Å². The van der Waals surface area contributed by atoms with E-state index >= 15 is 0 Å². The third-order valence-corrected chi connectivity index (χ3v) is 3.07. The van der Waals surface area contributed by atoms with Crippen molar-refractivity contribution in [2.24, 2.45) is 0 Å². The van der Waals surface area contributed by atoms with Gasteiger partial charge >= 0.3 is 5.97 Å². The number of aliphatic carboxylic acids is 1. The third kappa shape index (κ3) is 3.38. The molecule has 0 amide bonds. The van der Waals surface area contributed by atoms with E-state index in [1.165, 1.54) is 0 Å².